The van der Waals surface area contributed by atoms with Gasteiger partial charge in [-0.3, -0.25) is 9.69 Å². The number of carbonyl (C=O) groups is 1. The minimum atomic E-state index is -0.00397. The lowest BCUT2D eigenvalue weighted by atomic mass is 10.0. The molecule has 0 aliphatic carbocycles. The quantitative estimate of drug-likeness (QED) is 0.897. The number of rotatable bonds is 4. The highest BCUT2D eigenvalue weighted by atomic mass is 35.5. The van der Waals surface area contributed by atoms with Crippen molar-refractivity contribution in [3.63, 3.8) is 0 Å². The van der Waals surface area contributed by atoms with Crippen molar-refractivity contribution < 1.29 is 4.79 Å². The Hall–Kier alpha value is -1.10. The average molecular weight is 296 g/mol. The molecule has 0 radical (unpaired) electrons. The van der Waals surface area contributed by atoms with Crippen LogP contribution in [0.1, 0.15) is 24.8 Å². The number of hydrogen-bond donors (Lipinski definition) is 2. The largest absolute Gasteiger partial charge is 0.329 e. The van der Waals surface area contributed by atoms with Gasteiger partial charge in [0.25, 0.3) is 0 Å². The lowest BCUT2D eigenvalue weighted by Crippen LogP contribution is -2.47. The zero-order valence-electron chi connectivity index (χ0n) is 11.9. The molecule has 0 bridgehead atoms. The number of carbonyl (C=O) groups excluding carboxylic acids is 1. The van der Waals surface area contributed by atoms with E-state index in [1.54, 1.807) is 0 Å². The van der Waals surface area contributed by atoms with Gasteiger partial charge in [-0.2, -0.15) is 0 Å². The van der Waals surface area contributed by atoms with Crippen LogP contribution in [0.5, 0.6) is 0 Å². The molecule has 1 fully saturated rings. The van der Waals surface area contributed by atoms with Gasteiger partial charge in [-0.15, -0.1) is 0 Å². The van der Waals surface area contributed by atoms with Gasteiger partial charge in [-0.05, 0) is 44.0 Å². The van der Waals surface area contributed by atoms with Crippen LogP contribution in [0.2, 0.25) is 5.02 Å². The van der Waals surface area contributed by atoms with E-state index < -0.39 is 0 Å². The Balaban J connectivity index is 1.96. The van der Waals surface area contributed by atoms with Gasteiger partial charge < -0.3 is 11.1 Å². The number of likely N-dealkylation sites (tertiary alicyclic amines) is 1. The van der Waals surface area contributed by atoms with E-state index in [2.05, 4.69) is 10.2 Å². The predicted molar refractivity (Wildman–Crippen MR) is 83.1 cm³/mol. The second kappa shape index (κ2) is 7.07. The summed E-state index contributed by atoms with van der Waals surface area (Å²) in [5.74, 6) is -0.00397. The van der Waals surface area contributed by atoms with E-state index in [1.807, 2.05) is 25.1 Å². The second-order valence-corrected chi connectivity index (χ2v) is 5.72. The molecule has 0 spiro atoms. The number of nitrogens with two attached hydrogens (primary N) is 1. The van der Waals surface area contributed by atoms with Crippen LogP contribution in [0.15, 0.2) is 18.2 Å². The van der Waals surface area contributed by atoms with Crippen LogP contribution < -0.4 is 11.1 Å². The van der Waals surface area contributed by atoms with Crippen molar-refractivity contribution in [1.82, 2.24) is 4.90 Å². The fourth-order valence-corrected chi connectivity index (χ4v) is 2.83. The van der Waals surface area contributed by atoms with E-state index >= 15 is 0 Å². The number of nitrogens with zero attached hydrogens (tertiary/aromatic N) is 1. The third-order valence-corrected chi connectivity index (χ3v) is 4.32. The lowest BCUT2D eigenvalue weighted by Gasteiger charge is -2.34. The maximum absolute atomic E-state index is 12.2. The van der Waals surface area contributed by atoms with Crippen LogP contribution in [0.4, 0.5) is 5.69 Å². The van der Waals surface area contributed by atoms with Crippen LogP contribution in [0.3, 0.4) is 0 Å². The first-order chi connectivity index (χ1) is 9.61. The van der Waals surface area contributed by atoms with Gasteiger partial charge in [0.15, 0.2) is 0 Å². The minimum absolute atomic E-state index is 0.00397. The van der Waals surface area contributed by atoms with Crippen molar-refractivity contribution in [1.29, 1.82) is 0 Å². The fraction of sp³-hybridized carbons (Fsp3) is 0.533. The van der Waals surface area contributed by atoms with Gasteiger partial charge in [0.05, 0.1) is 6.54 Å². The summed E-state index contributed by atoms with van der Waals surface area (Å²) in [5.41, 5.74) is 7.46. The van der Waals surface area contributed by atoms with Crippen molar-refractivity contribution in [3.8, 4) is 0 Å². The summed E-state index contributed by atoms with van der Waals surface area (Å²) < 4.78 is 0. The topological polar surface area (TPSA) is 58.4 Å². The zero-order valence-corrected chi connectivity index (χ0v) is 12.6. The van der Waals surface area contributed by atoms with Gasteiger partial charge in [0.2, 0.25) is 5.91 Å². The smallest absolute Gasteiger partial charge is 0.238 e. The molecule has 1 unspecified atom stereocenters. The molecule has 110 valence electrons. The van der Waals surface area contributed by atoms with Gasteiger partial charge in [-0.1, -0.05) is 24.1 Å². The van der Waals surface area contributed by atoms with Gasteiger partial charge in [-0.25, -0.2) is 0 Å². The lowest BCUT2D eigenvalue weighted by molar-refractivity contribution is -0.118. The number of nitrogens with one attached hydrogen (secondary N) is 1. The highest BCUT2D eigenvalue weighted by Crippen LogP contribution is 2.23. The van der Waals surface area contributed by atoms with Crippen molar-refractivity contribution in [2.45, 2.75) is 32.2 Å². The maximum atomic E-state index is 12.2. The molecule has 0 saturated carbocycles. The van der Waals surface area contributed by atoms with E-state index in [-0.39, 0.29) is 5.91 Å². The molecule has 0 aromatic heterocycles. The SMILES string of the molecule is Cc1c(Cl)cccc1NC(=O)CN1CCCCC1CN. The van der Waals surface area contributed by atoms with E-state index in [9.17, 15) is 4.79 Å². The highest BCUT2D eigenvalue weighted by molar-refractivity contribution is 6.31. The van der Waals surface area contributed by atoms with Crippen LogP contribution in [-0.4, -0.2) is 36.5 Å². The number of hydrogen-bond acceptors (Lipinski definition) is 3. The summed E-state index contributed by atoms with van der Waals surface area (Å²) in [7, 11) is 0. The van der Waals surface area contributed by atoms with Crippen molar-refractivity contribution in [2.75, 3.05) is 25.0 Å². The normalized spacial score (nSPS) is 19.9. The summed E-state index contributed by atoms with van der Waals surface area (Å²) in [6, 6.07) is 5.86. The number of amides is 1. The molecular weight excluding hydrogens is 274 g/mol. The summed E-state index contributed by atoms with van der Waals surface area (Å²) in [4.78, 5) is 14.3. The number of anilines is 1. The Morgan fingerprint density at radius 1 is 1.50 bits per heavy atom. The molecule has 2 rings (SSSR count). The average Bonchev–Trinajstić information content (AvgIpc) is 2.44. The van der Waals surface area contributed by atoms with E-state index in [1.165, 1.54) is 6.42 Å². The molecule has 20 heavy (non-hydrogen) atoms. The Morgan fingerprint density at radius 3 is 3.05 bits per heavy atom. The molecule has 1 aromatic rings. The van der Waals surface area contributed by atoms with Crippen molar-refractivity contribution in [3.05, 3.63) is 28.8 Å². The molecule has 1 amide bonds. The molecule has 1 aliphatic rings. The Morgan fingerprint density at radius 2 is 2.30 bits per heavy atom. The fourth-order valence-electron chi connectivity index (χ4n) is 2.65. The first kappa shape index (κ1) is 15.3. The molecule has 3 N–H and O–H groups in total. The van der Waals surface area contributed by atoms with Gasteiger partial charge in [0.1, 0.15) is 0 Å². The predicted octanol–water partition coefficient (Wildman–Crippen LogP) is 2.40. The molecule has 4 nitrogen and oxygen atoms in total. The summed E-state index contributed by atoms with van der Waals surface area (Å²) in [5, 5.41) is 3.60. The molecule has 5 heteroatoms. The molecule has 1 atom stereocenters. The Kier molecular flexibility index (Phi) is 5.40. The summed E-state index contributed by atoms with van der Waals surface area (Å²) in [6.07, 6.45) is 3.42. The molecule has 1 aliphatic heterocycles. The van der Waals surface area contributed by atoms with Gasteiger partial charge in [0, 0.05) is 23.3 Å². The zero-order chi connectivity index (χ0) is 14.5. The van der Waals surface area contributed by atoms with Crippen LogP contribution in [-0.2, 0) is 4.79 Å². The van der Waals surface area contributed by atoms with Crippen LogP contribution in [0, 0.1) is 6.92 Å². The highest BCUT2D eigenvalue weighted by Gasteiger charge is 2.23. The van der Waals surface area contributed by atoms with Crippen LogP contribution >= 0.6 is 11.6 Å². The first-order valence-corrected chi connectivity index (χ1v) is 7.48. The second-order valence-electron chi connectivity index (χ2n) is 5.32. The third kappa shape index (κ3) is 3.72. The Labute approximate surface area is 125 Å². The number of piperidine rings is 1. The monoisotopic (exact) mass is 295 g/mol. The standard InChI is InChI=1S/C15H22ClN3O/c1-11-13(16)6-4-7-14(11)18-15(20)10-19-8-3-2-5-12(19)9-17/h4,6-7,12H,2-3,5,8-10,17H2,1H3,(H,18,20). The summed E-state index contributed by atoms with van der Waals surface area (Å²) in [6.45, 7) is 3.86. The van der Waals surface area contributed by atoms with Crippen LogP contribution in [0.25, 0.3) is 0 Å². The molecular formula is C15H22ClN3O. The third-order valence-electron chi connectivity index (χ3n) is 3.91. The Bertz CT molecular complexity index is 478. The summed E-state index contributed by atoms with van der Waals surface area (Å²) >= 11 is 6.06. The molecule has 1 heterocycles. The first-order valence-electron chi connectivity index (χ1n) is 7.11. The van der Waals surface area contributed by atoms with E-state index in [0.29, 0.717) is 24.2 Å². The minimum Gasteiger partial charge on any atom is -0.329 e. The van der Waals surface area contributed by atoms with E-state index in [0.717, 1.165) is 30.6 Å². The maximum Gasteiger partial charge on any atom is 0.238 e. The number of benzene rings is 1. The molecule has 1 aromatic carbocycles. The van der Waals surface area contributed by atoms with Crippen molar-refractivity contribution >= 4 is 23.2 Å². The molecule has 1 saturated heterocycles. The van der Waals surface area contributed by atoms with Crippen molar-refractivity contribution in [2.24, 2.45) is 5.73 Å². The van der Waals surface area contributed by atoms with Gasteiger partial charge >= 0.3 is 0 Å². The van der Waals surface area contributed by atoms with E-state index in [4.69, 9.17) is 17.3 Å². The number of halogens is 1.